The highest BCUT2D eigenvalue weighted by atomic mass is 32.2. The van der Waals surface area contributed by atoms with Crippen LogP contribution in [-0.4, -0.2) is 80.0 Å². The fourth-order valence-corrected chi connectivity index (χ4v) is 4.64. The lowest BCUT2D eigenvalue weighted by Gasteiger charge is -2.34. The zero-order chi connectivity index (χ0) is 22.4. The van der Waals surface area contributed by atoms with Crippen LogP contribution in [0.25, 0.3) is 0 Å². The molecule has 1 amide bonds. The second-order valence-corrected chi connectivity index (χ2v) is 8.78. The zero-order valence-corrected chi connectivity index (χ0v) is 18.1. The number of anilines is 2. The van der Waals surface area contributed by atoms with Crippen molar-refractivity contribution < 1.29 is 23.6 Å². The van der Waals surface area contributed by atoms with Crippen LogP contribution < -0.4 is 9.62 Å². The summed E-state index contributed by atoms with van der Waals surface area (Å²) in [7, 11) is 0. The Bertz CT molecular complexity index is 811. The van der Waals surface area contributed by atoms with Crippen molar-refractivity contribution in [3.8, 4) is 0 Å². The fourth-order valence-electron chi connectivity index (χ4n) is 4.11. The molecule has 1 aromatic rings. The lowest BCUT2D eigenvalue weighted by atomic mass is 9.95. The first-order valence-electron chi connectivity index (χ1n) is 10.5. The number of carbonyl (C=O) groups is 1. The summed E-state index contributed by atoms with van der Waals surface area (Å²) < 4.78 is 22.9. The van der Waals surface area contributed by atoms with Gasteiger partial charge in [-0.15, -0.1) is 0 Å². The van der Waals surface area contributed by atoms with Crippen molar-refractivity contribution in [2.45, 2.75) is 38.1 Å². The van der Waals surface area contributed by atoms with E-state index in [-0.39, 0.29) is 18.3 Å². The molecule has 3 rings (SSSR count). The van der Waals surface area contributed by atoms with Gasteiger partial charge in [-0.2, -0.15) is 0 Å². The summed E-state index contributed by atoms with van der Waals surface area (Å²) in [6, 6.07) is 4.76. The zero-order valence-electron chi connectivity index (χ0n) is 17.3. The predicted molar refractivity (Wildman–Crippen MR) is 118 cm³/mol. The molecule has 12 heteroatoms. The highest BCUT2D eigenvalue weighted by Crippen LogP contribution is 2.32. The van der Waals surface area contributed by atoms with E-state index in [0.29, 0.717) is 44.1 Å². The maximum Gasteiger partial charge on any atom is 0.407 e. The number of amides is 1. The smallest absolute Gasteiger partial charge is 0.407 e. The highest BCUT2D eigenvalue weighted by Gasteiger charge is 2.24. The van der Waals surface area contributed by atoms with Crippen LogP contribution in [0.3, 0.4) is 0 Å². The van der Waals surface area contributed by atoms with Crippen molar-refractivity contribution in [3.63, 3.8) is 0 Å². The molecule has 0 bridgehead atoms. The molecular weight excluding hydrogens is 426 g/mol. The van der Waals surface area contributed by atoms with Gasteiger partial charge < -0.3 is 15.3 Å². The molecular formula is C19H29N5O6S. The number of piperazine rings is 1. The molecule has 2 fully saturated rings. The van der Waals surface area contributed by atoms with Crippen LogP contribution >= 0.6 is 0 Å². The first-order valence-corrected chi connectivity index (χ1v) is 11.5. The minimum Gasteiger partial charge on any atom is -0.465 e. The normalized spacial score (nSPS) is 19.1. The van der Waals surface area contributed by atoms with E-state index in [9.17, 15) is 23.7 Å². The highest BCUT2D eigenvalue weighted by molar-refractivity contribution is 7.80. The summed E-state index contributed by atoms with van der Waals surface area (Å²) in [5.74, 6) is 0. The number of rotatable bonds is 8. The molecule has 1 aliphatic heterocycles. The van der Waals surface area contributed by atoms with E-state index in [0.717, 1.165) is 25.7 Å². The third-order valence-electron chi connectivity index (χ3n) is 5.88. The summed E-state index contributed by atoms with van der Waals surface area (Å²) >= 11 is -2.35. The Kier molecular flexibility index (Phi) is 8.04. The van der Waals surface area contributed by atoms with E-state index in [2.05, 4.69) is 5.32 Å². The molecule has 1 saturated carbocycles. The number of benzene rings is 1. The van der Waals surface area contributed by atoms with Crippen LogP contribution in [0.5, 0.6) is 0 Å². The molecule has 1 unspecified atom stereocenters. The second kappa shape index (κ2) is 10.7. The van der Waals surface area contributed by atoms with Gasteiger partial charge in [-0.25, -0.2) is 9.00 Å². The van der Waals surface area contributed by atoms with Crippen molar-refractivity contribution in [2.24, 2.45) is 0 Å². The number of nitro groups is 1. The third-order valence-corrected chi connectivity index (χ3v) is 6.65. The molecule has 1 aromatic carbocycles. The summed E-state index contributed by atoms with van der Waals surface area (Å²) in [5.41, 5.74) is 0.605. The quantitative estimate of drug-likeness (QED) is 0.309. The van der Waals surface area contributed by atoms with Gasteiger partial charge in [-0.05, 0) is 25.0 Å². The second-order valence-electron chi connectivity index (χ2n) is 7.88. The van der Waals surface area contributed by atoms with Crippen LogP contribution in [0.2, 0.25) is 0 Å². The van der Waals surface area contributed by atoms with Crippen molar-refractivity contribution in [2.75, 3.05) is 48.9 Å². The summed E-state index contributed by atoms with van der Waals surface area (Å²) in [5, 5.41) is 23.9. The Morgan fingerprint density at radius 3 is 2.48 bits per heavy atom. The van der Waals surface area contributed by atoms with Crippen LogP contribution in [0.1, 0.15) is 32.1 Å². The molecule has 31 heavy (non-hydrogen) atoms. The van der Waals surface area contributed by atoms with Crippen molar-refractivity contribution >= 4 is 34.4 Å². The molecule has 0 radical (unpaired) electrons. The molecule has 2 aliphatic rings. The lowest BCUT2D eigenvalue weighted by molar-refractivity contribution is -0.383. The van der Waals surface area contributed by atoms with Crippen LogP contribution in [0, 0.1) is 10.1 Å². The monoisotopic (exact) mass is 455 g/mol. The minimum atomic E-state index is -2.35. The Hall–Kier alpha value is -2.44. The number of nitrogens with zero attached hydrogens (tertiary/aromatic N) is 4. The molecule has 11 nitrogen and oxygen atoms in total. The summed E-state index contributed by atoms with van der Waals surface area (Å²) in [4.78, 5) is 25.5. The molecule has 172 valence electrons. The first kappa shape index (κ1) is 23.2. The maximum atomic E-state index is 11.9. The van der Waals surface area contributed by atoms with Gasteiger partial charge in [0.15, 0.2) is 0 Å². The van der Waals surface area contributed by atoms with Gasteiger partial charge in [-0.1, -0.05) is 19.3 Å². The number of hydrogen-bond acceptors (Lipinski definition) is 6. The Morgan fingerprint density at radius 1 is 1.23 bits per heavy atom. The van der Waals surface area contributed by atoms with Gasteiger partial charge in [0.2, 0.25) is 0 Å². The number of hydrogen-bond donors (Lipinski definition) is 3. The SMILES string of the molecule is O=C(O)N1CCN(CCN(c2ccc(NC3CCCCC3)c([N+](=O)[O-])c2)S(=O)O)CC1. The van der Waals surface area contributed by atoms with Gasteiger partial charge in [0.1, 0.15) is 5.69 Å². The molecule has 1 aliphatic carbocycles. The average Bonchev–Trinajstić information content (AvgIpc) is 2.75. The number of carboxylic acid groups (broad SMARTS) is 1. The number of nitro benzene ring substituents is 1. The van der Waals surface area contributed by atoms with E-state index in [1.807, 2.05) is 4.90 Å². The van der Waals surface area contributed by atoms with Crippen molar-refractivity contribution in [1.82, 2.24) is 9.80 Å². The molecule has 0 spiro atoms. The largest absolute Gasteiger partial charge is 0.465 e. The Morgan fingerprint density at radius 2 is 1.90 bits per heavy atom. The van der Waals surface area contributed by atoms with Crippen LogP contribution in [0.4, 0.5) is 21.9 Å². The molecule has 1 heterocycles. The van der Waals surface area contributed by atoms with Crippen molar-refractivity contribution in [1.29, 1.82) is 0 Å². The van der Waals surface area contributed by atoms with Gasteiger partial charge in [-0.3, -0.25) is 23.9 Å². The van der Waals surface area contributed by atoms with Crippen LogP contribution in [0.15, 0.2) is 18.2 Å². The van der Waals surface area contributed by atoms with E-state index >= 15 is 0 Å². The van der Waals surface area contributed by atoms with Gasteiger partial charge >= 0.3 is 6.09 Å². The lowest BCUT2D eigenvalue weighted by Crippen LogP contribution is -2.50. The topological polar surface area (TPSA) is 139 Å². The Labute approximate surface area is 183 Å². The summed E-state index contributed by atoms with van der Waals surface area (Å²) in [6.07, 6.45) is 4.37. The maximum absolute atomic E-state index is 11.9. The first-order chi connectivity index (χ1) is 14.8. The van der Waals surface area contributed by atoms with Crippen molar-refractivity contribution in [3.05, 3.63) is 28.3 Å². The van der Waals surface area contributed by atoms with E-state index in [1.165, 1.54) is 21.7 Å². The average molecular weight is 456 g/mol. The standard InChI is InChI=1S/C19H29N5O6S/c25-19(26)22-11-8-21(9-12-22)10-13-23(31(29)30)16-6-7-17(18(14-16)24(27)28)20-15-4-2-1-3-5-15/h6-7,14-15,20H,1-5,8-13H2,(H,25,26)(H,29,30). The van der Waals surface area contributed by atoms with Crippen LogP contribution in [-0.2, 0) is 11.3 Å². The van der Waals surface area contributed by atoms with Gasteiger partial charge in [0, 0.05) is 51.4 Å². The van der Waals surface area contributed by atoms with E-state index < -0.39 is 22.3 Å². The van der Waals surface area contributed by atoms with E-state index in [4.69, 9.17) is 5.11 Å². The number of nitrogens with one attached hydrogen (secondary N) is 1. The predicted octanol–water partition coefficient (Wildman–Crippen LogP) is 2.58. The van der Waals surface area contributed by atoms with E-state index in [1.54, 1.807) is 12.1 Å². The Balaban J connectivity index is 1.67. The molecule has 0 aromatic heterocycles. The minimum absolute atomic E-state index is 0.117. The van der Waals surface area contributed by atoms with Gasteiger partial charge in [0.25, 0.3) is 17.0 Å². The van der Waals surface area contributed by atoms with Gasteiger partial charge in [0.05, 0.1) is 10.6 Å². The molecule has 1 saturated heterocycles. The fraction of sp³-hybridized carbons (Fsp3) is 0.632. The molecule has 3 N–H and O–H groups in total. The third kappa shape index (κ3) is 6.28. The summed E-state index contributed by atoms with van der Waals surface area (Å²) in [6.45, 7) is 2.44. The molecule has 1 atom stereocenters.